The van der Waals surface area contributed by atoms with Crippen LogP contribution < -0.4 is 10.6 Å². The second kappa shape index (κ2) is 9.23. The summed E-state index contributed by atoms with van der Waals surface area (Å²) in [6.07, 6.45) is 2.59. The van der Waals surface area contributed by atoms with E-state index in [0.29, 0.717) is 5.56 Å². The average Bonchev–Trinajstić information content (AvgIpc) is 3.02. The average molecular weight is 391 g/mol. The van der Waals surface area contributed by atoms with Gasteiger partial charge in [0.2, 0.25) is 0 Å². The highest BCUT2D eigenvalue weighted by Gasteiger charge is 2.16. The lowest BCUT2D eigenvalue weighted by Crippen LogP contribution is -2.28. The number of hydrogen-bond donors (Lipinski definition) is 2. The molecule has 1 aromatic carbocycles. The number of hydrogen-bond acceptors (Lipinski definition) is 6. The summed E-state index contributed by atoms with van der Waals surface area (Å²) in [5.41, 5.74) is 2.36. The number of nitrogens with one attached hydrogen (secondary N) is 2. The van der Waals surface area contributed by atoms with Crippen LogP contribution in [0.15, 0.2) is 23.4 Å². The van der Waals surface area contributed by atoms with Crippen molar-refractivity contribution in [3.63, 3.8) is 0 Å². The summed E-state index contributed by atoms with van der Waals surface area (Å²) in [6.45, 7) is 2.45. The first-order valence-corrected chi connectivity index (χ1v) is 10.2. The number of imidazole rings is 1. The van der Waals surface area contributed by atoms with Crippen molar-refractivity contribution in [2.24, 2.45) is 13.0 Å². The quantitative estimate of drug-likeness (QED) is 0.555. The third kappa shape index (κ3) is 5.01. The number of esters is 1. The zero-order valence-electron chi connectivity index (χ0n) is 15.8. The fourth-order valence-corrected chi connectivity index (χ4v) is 4.34. The fourth-order valence-electron chi connectivity index (χ4n) is 3.17. The highest BCUT2D eigenvalue weighted by molar-refractivity contribution is 7.99. The molecule has 0 aliphatic carbocycles. The van der Waals surface area contributed by atoms with Gasteiger partial charge in [-0.15, -0.1) is 0 Å². The lowest BCUT2D eigenvalue weighted by atomic mass is 10.0. The first-order valence-electron chi connectivity index (χ1n) is 9.23. The summed E-state index contributed by atoms with van der Waals surface area (Å²) in [7, 11) is 3.34. The van der Waals surface area contributed by atoms with Crippen LogP contribution in [0.1, 0.15) is 29.6 Å². The lowest BCUT2D eigenvalue weighted by Gasteiger charge is -2.21. The molecule has 7 nitrogen and oxygen atoms in total. The largest absolute Gasteiger partial charge is 0.469 e. The number of methoxy groups -OCH3 is 1. The normalized spacial score (nSPS) is 15.0. The van der Waals surface area contributed by atoms with Crippen LogP contribution in [-0.4, -0.2) is 53.9 Å². The third-order valence-corrected chi connectivity index (χ3v) is 6.11. The molecular formula is C19H26N4O3S. The number of rotatable bonds is 7. The minimum absolute atomic E-state index is 0.158. The minimum atomic E-state index is -0.342. The molecular weight excluding hydrogens is 364 g/mol. The molecule has 1 aliphatic heterocycles. The summed E-state index contributed by atoms with van der Waals surface area (Å²) in [6, 6.07) is 5.52. The Morgan fingerprint density at radius 1 is 1.37 bits per heavy atom. The van der Waals surface area contributed by atoms with Gasteiger partial charge in [-0.3, -0.25) is 9.59 Å². The molecule has 2 N–H and O–H groups in total. The second-order valence-corrected chi connectivity index (χ2v) is 7.73. The molecule has 0 unspecified atom stereocenters. The van der Waals surface area contributed by atoms with E-state index in [9.17, 15) is 9.59 Å². The molecule has 1 aliphatic rings. The number of carbonyl (C=O) groups is 2. The number of fused-ring (bicyclic) bond motifs is 1. The van der Waals surface area contributed by atoms with Crippen molar-refractivity contribution >= 4 is 34.7 Å². The Kier molecular flexibility index (Phi) is 6.73. The summed E-state index contributed by atoms with van der Waals surface area (Å²) in [4.78, 5) is 28.1. The zero-order valence-corrected chi connectivity index (χ0v) is 16.6. The third-order valence-electron chi connectivity index (χ3n) is 4.85. The topological polar surface area (TPSA) is 85.2 Å². The van der Waals surface area contributed by atoms with Gasteiger partial charge in [-0.25, -0.2) is 4.98 Å². The van der Waals surface area contributed by atoms with Gasteiger partial charge in [-0.05, 0) is 50.0 Å². The van der Waals surface area contributed by atoms with E-state index in [1.807, 2.05) is 13.1 Å². The maximum Gasteiger partial charge on any atom is 0.307 e. The Labute approximate surface area is 163 Å². The Hall–Kier alpha value is -2.06. The lowest BCUT2D eigenvalue weighted by molar-refractivity contribution is -0.140. The van der Waals surface area contributed by atoms with Gasteiger partial charge in [0.1, 0.15) is 0 Å². The van der Waals surface area contributed by atoms with E-state index in [-0.39, 0.29) is 24.8 Å². The predicted octanol–water partition coefficient (Wildman–Crippen LogP) is 1.96. The number of aryl methyl sites for hydroxylation is 1. The van der Waals surface area contributed by atoms with E-state index >= 15 is 0 Å². The molecule has 2 heterocycles. The van der Waals surface area contributed by atoms with Gasteiger partial charge < -0.3 is 19.9 Å². The van der Waals surface area contributed by atoms with E-state index in [1.54, 1.807) is 23.9 Å². The molecule has 0 radical (unpaired) electrons. The number of amides is 1. The maximum absolute atomic E-state index is 12.3. The number of ether oxygens (including phenoxy) is 1. The van der Waals surface area contributed by atoms with Crippen molar-refractivity contribution in [2.45, 2.75) is 24.4 Å². The SMILES string of the molecule is COC(=O)CCNC(=O)c1ccc2c(c1)nc(SCC1CCNCC1)n2C. The molecule has 0 spiro atoms. The molecule has 1 saturated heterocycles. The Bertz CT molecular complexity index is 815. The minimum Gasteiger partial charge on any atom is -0.469 e. The first-order chi connectivity index (χ1) is 13.1. The maximum atomic E-state index is 12.3. The molecule has 1 amide bonds. The van der Waals surface area contributed by atoms with Crippen LogP contribution >= 0.6 is 11.8 Å². The highest BCUT2D eigenvalue weighted by atomic mass is 32.2. The second-order valence-electron chi connectivity index (χ2n) is 6.74. The van der Waals surface area contributed by atoms with Crippen LogP contribution in [0.25, 0.3) is 11.0 Å². The molecule has 0 bridgehead atoms. The van der Waals surface area contributed by atoms with Gasteiger partial charge in [0.25, 0.3) is 5.91 Å². The Morgan fingerprint density at radius 3 is 2.89 bits per heavy atom. The number of carbonyl (C=O) groups excluding carboxylic acids is 2. The first kappa shape index (κ1) is 19.7. The van der Waals surface area contributed by atoms with Crippen molar-refractivity contribution in [3.8, 4) is 0 Å². The molecule has 1 fully saturated rings. The number of piperidine rings is 1. The van der Waals surface area contributed by atoms with E-state index in [4.69, 9.17) is 4.98 Å². The molecule has 146 valence electrons. The van der Waals surface area contributed by atoms with Gasteiger partial charge >= 0.3 is 5.97 Å². The van der Waals surface area contributed by atoms with Crippen LogP contribution in [-0.2, 0) is 16.6 Å². The van der Waals surface area contributed by atoms with Gasteiger partial charge in [0.15, 0.2) is 5.16 Å². The molecule has 0 atom stereocenters. The van der Waals surface area contributed by atoms with E-state index in [0.717, 1.165) is 41.0 Å². The van der Waals surface area contributed by atoms with Gasteiger partial charge in [-0.1, -0.05) is 11.8 Å². The molecule has 3 rings (SSSR count). The molecule has 1 aromatic heterocycles. The number of benzene rings is 1. The van der Waals surface area contributed by atoms with Crippen molar-refractivity contribution < 1.29 is 14.3 Å². The molecule has 8 heteroatoms. The smallest absolute Gasteiger partial charge is 0.307 e. The van der Waals surface area contributed by atoms with Gasteiger partial charge in [0, 0.05) is 24.9 Å². The van der Waals surface area contributed by atoms with Crippen LogP contribution in [0.4, 0.5) is 0 Å². The molecule has 2 aromatic rings. The summed E-state index contributed by atoms with van der Waals surface area (Å²) < 4.78 is 6.65. The van der Waals surface area contributed by atoms with Gasteiger partial charge in [-0.2, -0.15) is 0 Å². The van der Waals surface area contributed by atoms with E-state index < -0.39 is 0 Å². The van der Waals surface area contributed by atoms with Crippen molar-refractivity contribution in [1.29, 1.82) is 0 Å². The summed E-state index contributed by atoms with van der Waals surface area (Å²) in [5, 5.41) is 7.10. The number of nitrogens with zero attached hydrogens (tertiary/aromatic N) is 2. The van der Waals surface area contributed by atoms with Crippen molar-refractivity contribution in [2.75, 3.05) is 32.5 Å². The summed E-state index contributed by atoms with van der Waals surface area (Å²) in [5.74, 6) is 1.24. The van der Waals surface area contributed by atoms with Crippen molar-refractivity contribution in [3.05, 3.63) is 23.8 Å². The number of thioether (sulfide) groups is 1. The number of aromatic nitrogens is 2. The van der Waals surface area contributed by atoms with Gasteiger partial charge in [0.05, 0.1) is 24.6 Å². The van der Waals surface area contributed by atoms with E-state index in [2.05, 4.69) is 19.9 Å². The van der Waals surface area contributed by atoms with Crippen LogP contribution in [0.5, 0.6) is 0 Å². The Balaban J connectivity index is 1.64. The predicted molar refractivity (Wildman–Crippen MR) is 106 cm³/mol. The Morgan fingerprint density at radius 2 is 2.15 bits per heavy atom. The molecule has 27 heavy (non-hydrogen) atoms. The zero-order chi connectivity index (χ0) is 19.2. The van der Waals surface area contributed by atoms with Crippen LogP contribution in [0, 0.1) is 5.92 Å². The molecule has 0 saturated carbocycles. The van der Waals surface area contributed by atoms with E-state index in [1.165, 1.54) is 20.0 Å². The van der Waals surface area contributed by atoms with Crippen LogP contribution in [0.3, 0.4) is 0 Å². The standard InChI is InChI=1S/C19H26N4O3S/c1-23-16-4-3-14(18(25)21-10-7-17(24)26-2)11-15(16)22-19(23)27-12-13-5-8-20-9-6-13/h3-4,11,13,20H,5-10,12H2,1-2H3,(H,21,25). The van der Waals surface area contributed by atoms with Crippen molar-refractivity contribution in [1.82, 2.24) is 20.2 Å². The fraction of sp³-hybridized carbons (Fsp3) is 0.526. The monoisotopic (exact) mass is 390 g/mol. The van der Waals surface area contributed by atoms with Crippen LogP contribution in [0.2, 0.25) is 0 Å². The summed E-state index contributed by atoms with van der Waals surface area (Å²) >= 11 is 1.79. The highest BCUT2D eigenvalue weighted by Crippen LogP contribution is 2.27.